The van der Waals surface area contributed by atoms with Gasteiger partial charge in [0.05, 0.1) is 0 Å². The molecule has 17 heavy (non-hydrogen) atoms. The van der Waals surface area contributed by atoms with Crippen LogP contribution in [0.3, 0.4) is 0 Å². The van der Waals surface area contributed by atoms with Crippen LogP contribution in [-0.4, -0.2) is 42.7 Å². The second kappa shape index (κ2) is 4.17. The Morgan fingerprint density at radius 3 is 2.65 bits per heavy atom. The minimum Gasteiger partial charge on any atom is -0.371 e. The van der Waals surface area contributed by atoms with Crippen molar-refractivity contribution in [3.8, 4) is 0 Å². The highest BCUT2D eigenvalue weighted by molar-refractivity contribution is 6.05. The van der Waals surface area contributed by atoms with Crippen LogP contribution in [0.2, 0.25) is 0 Å². The minimum atomic E-state index is -0.474. The van der Waals surface area contributed by atoms with Gasteiger partial charge in [0.1, 0.15) is 17.7 Å². The monoisotopic (exact) mass is 235 g/mol. The average molecular weight is 235 g/mol. The van der Waals surface area contributed by atoms with Crippen LogP contribution in [0.15, 0.2) is 11.3 Å². The Morgan fingerprint density at radius 2 is 2.06 bits per heavy atom. The second-order valence-corrected chi connectivity index (χ2v) is 3.89. The van der Waals surface area contributed by atoms with Gasteiger partial charge in [-0.3, -0.25) is 10.3 Å². The van der Waals surface area contributed by atoms with Gasteiger partial charge in [0.2, 0.25) is 0 Å². The highest BCUT2D eigenvalue weighted by Crippen LogP contribution is 2.27. The molecule has 0 spiro atoms. The van der Waals surface area contributed by atoms with Gasteiger partial charge in [-0.2, -0.15) is 0 Å². The number of aromatic nitrogens is 2. The van der Waals surface area contributed by atoms with Gasteiger partial charge in [0.25, 0.3) is 0 Å². The van der Waals surface area contributed by atoms with Crippen LogP contribution in [0.1, 0.15) is 12.6 Å². The number of aliphatic imine (C=N–C) groups is 1. The first-order valence-corrected chi connectivity index (χ1v) is 5.38. The molecule has 1 unspecified atom stereocenters. The maximum absolute atomic E-state index is 4.25. The molecule has 1 aromatic rings. The molecule has 0 aliphatic carbocycles. The standard InChI is InChI=1S/C10H17N7/c1-10(13-4)16-7-6(9(12-3)17-10)14-5-15-8(7)11-2/h5,13,16H,1-4H3,(H,12,17)(H,11,14,15). The Bertz CT molecular complexity index is 456. The molecular weight excluding hydrogens is 218 g/mol. The molecule has 1 aliphatic heterocycles. The number of hydrogen-bond acceptors (Lipinski definition) is 6. The largest absolute Gasteiger partial charge is 0.371 e. The molecule has 0 saturated heterocycles. The third-order valence-corrected chi connectivity index (χ3v) is 2.78. The number of amidine groups is 1. The van der Waals surface area contributed by atoms with Gasteiger partial charge in [-0.25, -0.2) is 9.97 Å². The van der Waals surface area contributed by atoms with E-state index in [2.05, 4.69) is 36.2 Å². The molecule has 0 amide bonds. The van der Waals surface area contributed by atoms with E-state index in [1.54, 1.807) is 7.05 Å². The first kappa shape index (κ1) is 11.6. The van der Waals surface area contributed by atoms with E-state index in [9.17, 15) is 0 Å². The summed E-state index contributed by atoms with van der Waals surface area (Å²) in [5, 5.41) is 12.8. The predicted molar refractivity (Wildman–Crippen MR) is 68.3 cm³/mol. The lowest BCUT2D eigenvalue weighted by Gasteiger charge is -2.38. The van der Waals surface area contributed by atoms with E-state index >= 15 is 0 Å². The molecule has 0 radical (unpaired) electrons. The summed E-state index contributed by atoms with van der Waals surface area (Å²) in [7, 11) is 5.42. The lowest BCUT2D eigenvalue weighted by molar-refractivity contribution is 0.402. The smallest absolute Gasteiger partial charge is 0.162 e. The zero-order valence-electron chi connectivity index (χ0n) is 10.4. The molecule has 2 rings (SSSR count). The van der Waals surface area contributed by atoms with Crippen molar-refractivity contribution in [2.75, 3.05) is 31.8 Å². The van der Waals surface area contributed by atoms with Gasteiger partial charge >= 0.3 is 0 Å². The number of hydrogen-bond donors (Lipinski definition) is 4. The zero-order valence-corrected chi connectivity index (χ0v) is 10.4. The molecule has 0 saturated carbocycles. The normalized spacial score (nSPS) is 24.8. The summed E-state index contributed by atoms with van der Waals surface area (Å²) in [6.45, 7) is 1.98. The number of rotatable bonds is 2. The summed E-state index contributed by atoms with van der Waals surface area (Å²) in [6, 6.07) is 0. The SMILES string of the molecule is CN=C1NC(C)(NC)Nc2c(NC)ncnc21. The molecule has 1 aliphatic rings. The molecule has 2 heterocycles. The summed E-state index contributed by atoms with van der Waals surface area (Å²) in [5.41, 5.74) is 1.60. The maximum atomic E-state index is 4.25. The number of nitrogens with one attached hydrogen (secondary N) is 4. The first-order chi connectivity index (χ1) is 8.13. The van der Waals surface area contributed by atoms with Crippen LogP contribution in [0.25, 0.3) is 0 Å². The van der Waals surface area contributed by atoms with Crippen molar-refractivity contribution < 1.29 is 0 Å². The molecule has 1 aromatic heterocycles. The van der Waals surface area contributed by atoms with Gasteiger partial charge in [0, 0.05) is 14.1 Å². The molecule has 0 aromatic carbocycles. The van der Waals surface area contributed by atoms with Crippen LogP contribution >= 0.6 is 0 Å². The molecule has 92 valence electrons. The van der Waals surface area contributed by atoms with Gasteiger partial charge in [-0.05, 0) is 14.0 Å². The fourth-order valence-electron chi connectivity index (χ4n) is 1.74. The zero-order chi connectivity index (χ0) is 12.5. The van der Waals surface area contributed by atoms with Crippen molar-refractivity contribution in [2.24, 2.45) is 4.99 Å². The van der Waals surface area contributed by atoms with E-state index < -0.39 is 5.79 Å². The quantitative estimate of drug-likeness (QED) is 0.568. The second-order valence-electron chi connectivity index (χ2n) is 3.89. The number of fused-ring (bicyclic) bond motifs is 1. The molecule has 0 fully saturated rings. The predicted octanol–water partition coefficient (Wildman–Crippen LogP) is -0.197. The Labute approximate surface area is 100 Å². The van der Waals surface area contributed by atoms with E-state index in [4.69, 9.17) is 0 Å². The Hall–Kier alpha value is -1.89. The molecular formula is C10H17N7. The van der Waals surface area contributed by atoms with E-state index in [0.29, 0.717) is 0 Å². The fraction of sp³-hybridized carbons (Fsp3) is 0.500. The van der Waals surface area contributed by atoms with Crippen LogP contribution in [0, 0.1) is 0 Å². The topological polar surface area (TPSA) is 86.3 Å². The Balaban J connectivity index is 2.56. The van der Waals surface area contributed by atoms with Gasteiger partial charge < -0.3 is 16.0 Å². The molecule has 7 heteroatoms. The number of anilines is 2. The summed E-state index contributed by atoms with van der Waals surface area (Å²) >= 11 is 0. The van der Waals surface area contributed by atoms with Crippen LogP contribution < -0.4 is 21.3 Å². The maximum Gasteiger partial charge on any atom is 0.162 e. The highest BCUT2D eigenvalue weighted by atomic mass is 15.4. The average Bonchev–Trinajstić information content (AvgIpc) is 2.37. The van der Waals surface area contributed by atoms with Crippen LogP contribution in [-0.2, 0) is 0 Å². The summed E-state index contributed by atoms with van der Waals surface area (Å²) in [4.78, 5) is 12.6. The molecule has 0 bridgehead atoms. The Kier molecular flexibility index (Phi) is 2.84. The van der Waals surface area contributed by atoms with Crippen LogP contribution in [0.5, 0.6) is 0 Å². The summed E-state index contributed by atoms with van der Waals surface area (Å²) in [5.74, 6) is 1.01. The first-order valence-electron chi connectivity index (χ1n) is 5.38. The van der Waals surface area contributed by atoms with Crippen molar-refractivity contribution in [1.29, 1.82) is 0 Å². The van der Waals surface area contributed by atoms with Crippen molar-refractivity contribution >= 4 is 17.3 Å². The molecule has 4 N–H and O–H groups in total. The summed E-state index contributed by atoms with van der Waals surface area (Å²) in [6.07, 6.45) is 1.52. The lowest BCUT2D eigenvalue weighted by atomic mass is 10.2. The van der Waals surface area contributed by atoms with Gasteiger partial charge in [0.15, 0.2) is 17.4 Å². The van der Waals surface area contributed by atoms with Crippen molar-refractivity contribution in [1.82, 2.24) is 20.6 Å². The van der Waals surface area contributed by atoms with Crippen molar-refractivity contribution in [3.05, 3.63) is 12.0 Å². The van der Waals surface area contributed by atoms with Crippen LogP contribution in [0.4, 0.5) is 11.5 Å². The highest BCUT2D eigenvalue weighted by Gasteiger charge is 2.33. The van der Waals surface area contributed by atoms with Crippen molar-refractivity contribution in [3.63, 3.8) is 0 Å². The van der Waals surface area contributed by atoms with Gasteiger partial charge in [-0.15, -0.1) is 0 Å². The fourth-order valence-corrected chi connectivity index (χ4v) is 1.74. The van der Waals surface area contributed by atoms with Gasteiger partial charge in [-0.1, -0.05) is 0 Å². The van der Waals surface area contributed by atoms with E-state index in [0.717, 1.165) is 23.0 Å². The van der Waals surface area contributed by atoms with E-state index in [1.165, 1.54) is 6.33 Å². The van der Waals surface area contributed by atoms with E-state index in [-0.39, 0.29) is 0 Å². The summed E-state index contributed by atoms with van der Waals surface area (Å²) < 4.78 is 0. The Morgan fingerprint density at radius 1 is 1.29 bits per heavy atom. The number of nitrogens with zero attached hydrogens (tertiary/aromatic N) is 3. The minimum absolute atomic E-state index is 0.474. The van der Waals surface area contributed by atoms with Crippen molar-refractivity contribution in [2.45, 2.75) is 12.7 Å². The lowest BCUT2D eigenvalue weighted by Crippen LogP contribution is -2.63. The third kappa shape index (κ3) is 1.89. The third-order valence-electron chi connectivity index (χ3n) is 2.78. The molecule has 7 nitrogen and oxygen atoms in total. The van der Waals surface area contributed by atoms with E-state index in [1.807, 2.05) is 21.0 Å². The molecule has 1 atom stereocenters.